The number of aromatic nitrogens is 4. The maximum Gasteiger partial charge on any atom is 0.469 e. The Labute approximate surface area is 205 Å². The summed E-state index contributed by atoms with van der Waals surface area (Å²) < 4.78 is 36.1. The zero-order chi connectivity index (χ0) is 24.7. The van der Waals surface area contributed by atoms with Crippen molar-refractivity contribution in [3.8, 4) is 0 Å². The minimum atomic E-state index is -4.72. The lowest BCUT2D eigenvalue weighted by atomic mass is 10.1. The summed E-state index contributed by atoms with van der Waals surface area (Å²) >= 11 is 5.83. The number of phosphoric ester groups is 1. The Bertz CT molecular complexity index is 1240. The van der Waals surface area contributed by atoms with Gasteiger partial charge in [-0.2, -0.15) is 0 Å². The standard InChI is InChI=1S/C20H24ClN6O7P/c1-26(7-6-21)12-4-2-11(3-5-12)20-33-15-13(8-31-35(28,29)30)32-19(16(15)34-20)27-10-25-14-17(22)23-9-24-18(14)27/h2-5,9-10,13,15-16,19-20H,6-8H2,1H3,(H2,22,23,24)(H2,28,29,30). The van der Waals surface area contributed by atoms with E-state index in [1.807, 2.05) is 36.2 Å². The molecule has 2 aliphatic rings. The zero-order valence-corrected chi connectivity index (χ0v) is 20.2. The predicted octanol–water partition coefficient (Wildman–Crippen LogP) is 1.57. The SMILES string of the molecule is CN(CCCl)c1ccc(C2OC3C(COP(=O)(O)O)OC(n4cnc5c(N)ncnc54)C3O2)cc1. The van der Waals surface area contributed by atoms with Gasteiger partial charge < -0.3 is 34.6 Å². The highest BCUT2D eigenvalue weighted by molar-refractivity contribution is 7.46. The third-order valence-electron chi connectivity index (χ3n) is 5.94. The van der Waals surface area contributed by atoms with Crippen molar-refractivity contribution in [2.24, 2.45) is 0 Å². The summed E-state index contributed by atoms with van der Waals surface area (Å²) in [7, 11) is -2.77. The van der Waals surface area contributed by atoms with Gasteiger partial charge in [-0.15, -0.1) is 11.6 Å². The Morgan fingerprint density at radius 2 is 1.91 bits per heavy atom. The number of halogens is 1. The van der Waals surface area contributed by atoms with Crippen LogP contribution >= 0.6 is 19.4 Å². The van der Waals surface area contributed by atoms with Crippen LogP contribution in [-0.4, -0.2) is 73.7 Å². The topological polar surface area (TPSA) is 167 Å². The van der Waals surface area contributed by atoms with Gasteiger partial charge in [-0.1, -0.05) is 12.1 Å². The van der Waals surface area contributed by atoms with Gasteiger partial charge in [0.15, 0.2) is 24.0 Å². The molecule has 0 spiro atoms. The molecule has 4 heterocycles. The second-order valence-corrected chi connectivity index (χ2v) is 9.79. The van der Waals surface area contributed by atoms with Crippen LogP contribution in [0.4, 0.5) is 11.5 Å². The number of hydrogen-bond acceptors (Lipinski definition) is 10. The van der Waals surface area contributed by atoms with Crippen molar-refractivity contribution < 1.29 is 33.1 Å². The van der Waals surface area contributed by atoms with Gasteiger partial charge >= 0.3 is 7.82 Å². The molecule has 2 fully saturated rings. The zero-order valence-electron chi connectivity index (χ0n) is 18.5. The molecule has 15 heteroatoms. The van der Waals surface area contributed by atoms with Crippen molar-refractivity contribution in [1.82, 2.24) is 19.5 Å². The molecular weight excluding hydrogens is 503 g/mol. The van der Waals surface area contributed by atoms with Crippen LogP contribution in [0.15, 0.2) is 36.9 Å². The normalized spacial score (nSPS) is 26.3. The first kappa shape index (κ1) is 24.3. The maximum atomic E-state index is 11.3. The van der Waals surface area contributed by atoms with Gasteiger partial charge in [0, 0.05) is 30.7 Å². The summed E-state index contributed by atoms with van der Waals surface area (Å²) in [6, 6.07) is 7.66. The van der Waals surface area contributed by atoms with Gasteiger partial charge in [0.1, 0.15) is 30.2 Å². The second kappa shape index (κ2) is 9.60. The van der Waals surface area contributed by atoms with Gasteiger partial charge in [0.05, 0.1) is 12.9 Å². The monoisotopic (exact) mass is 526 g/mol. The number of nitrogens with two attached hydrogens (primary N) is 1. The Kier molecular flexibility index (Phi) is 6.68. The van der Waals surface area contributed by atoms with Gasteiger partial charge in [-0.25, -0.2) is 19.5 Å². The van der Waals surface area contributed by atoms with E-state index in [1.54, 1.807) is 4.57 Å². The van der Waals surface area contributed by atoms with Crippen LogP contribution < -0.4 is 10.6 Å². The van der Waals surface area contributed by atoms with Gasteiger partial charge in [0.25, 0.3) is 0 Å². The number of fused-ring (bicyclic) bond motifs is 2. The number of nitrogen functional groups attached to an aromatic ring is 1. The van der Waals surface area contributed by atoms with Crippen LogP contribution in [0.3, 0.4) is 0 Å². The number of ether oxygens (including phenoxy) is 3. The third-order valence-corrected chi connectivity index (χ3v) is 6.60. The first-order valence-electron chi connectivity index (χ1n) is 10.7. The van der Waals surface area contributed by atoms with E-state index in [1.165, 1.54) is 12.7 Å². The average molecular weight is 527 g/mol. The lowest BCUT2D eigenvalue weighted by Crippen LogP contribution is -2.31. The number of benzene rings is 1. The fraction of sp³-hybridized carbons (Fsp3) is 0.450. The molecule has 5 unspecified atom stereocenters. The van der Waals surface area contributed by atoms with E-state index in [0.717, 1.165) is 11.3 Å². The average Bonchev–Trinajstić information content (AvgIpc) is 3.52. The molecule has 3 aromatic rings. The van der Waals surface area contributed by atoms with E-state index in [0.29, 0.717) is 23.6 Å². The molecule has 0 aliphatic carbocycles. The van der Waals surface area contributed by atoms with Crippen LogP contribution in [0.2, 0.25) is 0 Å². The van der Waals surface area contributed by atoms with E-state index in [4.69, 9.17) is 36.1 Å². The van der Waals surface area contributed by atoms with Crippen LogP contribution in [0.1, 0.15) is 18.1 Å². The number of alkyl halides is 1. The third kappa shape index (κ3) is 4.86. The first-order valence-corrected chi connectivity index (χ1v) is 12.8. The number of phosphoric acid groups is 1. The molecule has 2 aromatic heterocycles. The van der Waals surface area contributed by atoms with E-state index in [-0.39, 0.29) is 5.82 Å². The molecule has 1 aromatic carbocycles. The fourth-order valence-corrected chi connectivity index (χ4v) is 4.81. The highest BCUT2D eigenvalue weighted by Gasteiger charge is 2.54. The molecule has 2 saturated heterocycles. The summed E-state index contributed by atoms with van der Waals surface area (Å²) in [6.45, 7) is 0.304. The van der Waals surface area contributed by atoms with Gasteiger partial charge in [-0.05, 0) is 12.1 Å². The second-order valence-electron chi connectivity index (χ2n) is 8.17. The molecule has 0 saturated carbocycles. The molecule has 4 N–H and O–H groups in total. The quantitative estimate of drug-likeness (QED) is 0.287. The van der Waals surface area contributed by atoms with Crippen molar-refractivity contribution in [3.05, 3.63) is 42.5 Å². The van der Waals surface area contributed by atoms with Gasteiger partial charge in [-0.3, -0.25) is 9.09 Å². The Balaban J connectivity index is 1.42. The van der Waals surface area contributed by atoms with Crippen molar-refractivity contribution in [3.63, 3.8) is 0 Å². The van der Waals surface area contributed by atoms with Crippen LogP contribution in [0.25, 0.3) is 11.2 Å². The van der Waals surface area contributed by atoms with E-state index in [9.17, 15) is 14.4 Å². The summed E-state index contributed by atoms with van der Waals surface area (Å²) in [5.74, 6) is 0.723. The molecule has 188 valence electrons. The molecule has 2 aliphatic heterocycles. The molecule has 5 rings (SSSR count). The van der Waals surface area contributed by atoms with Crippen molar-refractivity contribution in [2.75, 3.05) is 36.7 Å². The molecule has 0 bridgehead atoms. The summed E-state index contributed by atoms with van der Waals surface area (Å²) in [5.41, 5.74) is 8.50. The highest BCUT2D eigenvalue weighted by Crippen LogP contribution is 2.46. The molecular formula is C20H24ClN6O7P. The Morgan fingerprint density at radius 1 is 1.17 bits per heavy atom. The Morgan fingerprint density at radius 3 is 2.63 bits per heavy atom. The number of imidazole rings is 1. The molecule has 0 amide bonds. The Hall–Kier alpha value is -2.35. The highest BCUT2D eigenvalue weighted by atomic mass is 35.5. The molecule has 13 nitrogen and oxygen atoms in total. The van der Waals surface area contributed by atoms with E-state index in [2.05, 4.69) is 15.0 Å². The van der Waals surface area contributed by atoms with Crippen molar-refractivity contribution >= 4 is 42.1 Å². The fourth-order valence-electron chi connectivity index (χ4n) is 4.22. The number of nitrogens with zero attached hydrogens (tertiary/aromatic N) is 5. The molecule has 35 heavy (non-hydrogen) atoms. The molecule has 0 radical (unpaired) electrons. The maximum absolute atomic E-state index is 11.3. The minimum absolute atomic E-state index is 0.213. The smallest absolute Gasteiger partial charge is 0.382 e. The number of anilines is 2. The van der Waals surface area contributed by atoms with Crippen molar-refractivity contribution in [2.45, 2.75) is 30.8 Å². The predicted molar refractivity (Wildman–Crippen MR) is 125 cm³/mol. The van der Waals surface area contributed by atoms with Crippen molar-refractivity contribution in [1.29, 1.82) is 0 Å². The number of hydrogen-bond donors (Lipinski definition) is 3. The van der Waals surface area contributed by atoms with Crippen LogP contribution in [-0.2, 0) is 23.3 Å². The number of rotatable bonds is 8. The molecule has 5 atom stereocenters. The summed E-state index contributed by atoms with van der Waals surface area (Å²) in [4.78, 5) is 32.9. The minimum Gasteiger partial charge on any atom is -0.382 e. The lowest BCUT2D eigenvalue weighted by Gasteiger charge is -2.22. The summed E-state index contributed by atoms with van der Waals surface area (Å²) in [6.07, 6.45) is -0.812. The van der Waals surface area contributed by atoms with E-state index >= 15 is 0 Å². The lowest BCUT2D eigenvalue weighted by molar-refractivity contribution is -0.152. The van der Waals surface area contributed by atoms with Crippen LogP contribution in [0, 0.1) is 0 Å². The first-order chi connectivity index (χ1) is 16.7. The van der Waals surface area contributed by atoms with Gasteiger partial charge in [0.2, 0.25) is 0 Å². The van der Waals surface area contributed by atoms with E-state index < -0.39 is 45.3 Å². The summed E-state index contributed by atoms with van der Waals surface area (Å²) in [5, 5.41) is 0. The van der Waals surface area contributed by atoms with Crippen LogP contribution in [0.5, 0.6) is 0 Å². The largest absolute Gasteiger partial charge is 0.469 e.